The van der Waals surface area contributed by atoms with E-state index in [1.54, 1.807) is 0 Å². The minimum atomic E-state index is 0.117. The van der Waals surface area contributed by atoms with E-state index in [0.717, 1.165) is 42.9 Å². The van der Waals surface area contributed by atoms with Crippen molar-refractivity contribution in [1.29, 1.82) is 0 Å². The van der Waals surface area contributed by atoms with Gasteiger partial charge in [-0.25, -0.2) is 0 Å². The minimum Gasteiger partial charge on any atom is -0.454 e. The molecule has 0 spiro atoms. The maximum Gasteiger partial charge on any atom is 0.231 e. The Morgan fingerprint density at radius 3 is 2.90 bits per heavy atom. The first-order valence-electron chi connectivity index (χ1n) is 7.30. The first-order chi connectivity index (χ1) is 9.65. The number of aryl methyl sites for hydroxylation is 1. The molecule has 0 fully saturated rings. The van der Waals surface area contributed by atoms with Crippen molar-refractivity contribution in [2.45, 2.75) is 39.5 Å². The molecule has 1 aliphatic heterocycles. The highest BCUT2D eigenvalue weighted by atomic mass is 16.7. The van der Waals surface area contributed by atoms with Crippen LogP contribution in [0.1, 0.15) is 38.7 Å². The molecule has 1 N–H and O–H groups in total. The maximum atomic E-state index is 11.7. The molecular formula is C16H23NO3. The molecule has 0 saturated carbocycles. The summed E-state index contributed by atoms with van der Waals surface area (Å²) in [4.78, 5) is 11.7. The molecule has 2 rings (SSSR count). The fraction of sp³-hybridized carbons (Fsp3) is 0.562. The van der Waals surface area contributed by atoms with Gasteiger partial charge >= 0.3 is 0 Å². The summed E-state index contributed by atoms with van der Waals surface area (Å²) in [6, 6.07) is 5.84. The summed E-state index contributed by atoms with van der Waals surface area (Å²) in [7, 11) is 0. The number of hydrogen-bond acceptors (Lipinski definition) is 3. The molecule has 20 heavy (non-hydrogen) atoms. The van der Waals surface area contributed by atoms with Gasteiger partial charge in [-0.1, -0.05) is 19.9 Å². The molecule has 110 valence electrons. The van der Waals surface area contributed by atoms with Gasteiger partial charge in [0.05, 0.1) is 0 Å². The molecular weight excluding hydrogens is 254 g/mol. The van der Waals surface area contributed by atoms with Crippen molar-refractivity contribution in [1.82, 2.24) is 5.32 Å². The molecule has 0 unspecified atom stereocenters. The first kappa shape index (κ1) is 14.7. The Morgan fingerprint density at radius 2 is 2.10 bits per heavy atom. The predicted molar refractivity (Wildman–Crippen MR) is 78.0 cm³/mol. The molecule has 0 saturated heterocycles. The number of rotatable bonds is 7. The Kier molecular flexibility index (Phi) is 5.27. The standard InChI is InChI=1S/C16H23NO3/c1-12(2)4-3-9-17-16(18)8-6-13-5-7-14-15(10-13)20-11-19-14/h5,7,10,12H,3-4,6,8-9,11H2,1-2H3,(H,17,18). The number of nitrogens with one attached hydrogen (secondary N) is 1. The van der Waals surface area contributed by atoms with Gasteiger partial charge < -0.3 is 14.8 Å². The fourth-order valence-corrected chi connectivity index (χ4v) is 2.18. The molecule has 1 aromatic rings. The lowest BCUT2D eigenvalue weighted by Crippen LogP contribution is -2.24. The summed E-state index contributed by atoms with van der Waals surface area (Å²) >= 11 is 0. The van der Waals surface area contributed by atoms with Gasteiger partial charge in [-0.3, -0.25) is 4.79 Å². The van der Waals surface area contributed by atoms with Crippen LogP contribution >= 0.6 is 0 Å². The van der Waals surface area contributed by atoms with Crippen molar-refractivity contribution in [3.63, 3.8) is 0 Å². The highest BCUT2D eigenvalue weighted by Gasteiger charge is 2.13. The van der Waals surface area contributed by atoms with E-state index in [0.29, 0.717) is 12.3 Å². The summed E-state index contributed by atoms with van der Waals surface area (Å²) < 4.78 is 10.6. The molecule has 0 aliphatic carbocycles. The Hall–Kier alpha value is -1.71. The third kappa shape index (κ3) is 4.44. The molecule has 4 heteroatoms. The van der Waals surface area contributed by atoms with Crippen LogP contribution in [0.25, 0.3) is 0 Å². The fourth-order valence-electron chi connectivity index (χ4n) is 2.18. The number of fused-ring (bicyclic) bond motifs is 1. The van der Waals surface area contributed by atoms with Crippen LogP contribution in [0, 0.1) is 5.92 Å². The summed E-state index contributed by atoms with van der Waals surface area (Å²) in [6.07, 6.45) is 3.45. The predicted octanol–water partition coefficient (Wildman–Crippen LogP) is 2.90. The Balaban J connectivity index is 1.68. The van der Waals surface area contributed by atoms with Crippen LogP contribution in [0.4, 0.5) is 0 Å². The van der Waals surface area contributed by atoms with E-state index < -0.39 is 0 Å². The van der Waals surface area contributed by atoms with Crippen molar-refractivity contribution in [2.75, 3.05) is 13.3 Å². The third-order valence-corrected chi connectivity index (χ3v) is 3.36. The monoisotopic (exact) mass is 277 g/mol. The lowest BCUT2D eigenvalue weighted by Gasteiger charge is -2.07. The molecule has 1 heterocycles. The van der Waals surface area contributed by atoms with Crippen LogP contribution in [0.5, 0.6) is 11.5 Å². The molecule has 1 aromatic carbocycles. The summed E-state index contributed by atoms with van der Waals surface area (Å²) in [5.74, 6) is 2.37. The average molecular weight is 277 g/mol. The minimum absolute atomic E-state index is 0.117. The molecule has 1 aliphatic rings. The quantitative estimate of drug-likeness (QED) is 0.780. The molecule has 0 bridgehead atoms. The third-order valence-electron chi connectivity index (χ3n) is 3.36. The number of carbonyl (C=O) groups excluding carboxylic acids is 1. The lowest BCUT2D eigenvalue weighted by atomic mass is 10.1. The van der Waals surface area contributed by atoms with Gasteiger partial charge in [-0.2, -0.15) is 0 Å². The summed E-state index contributed by atoms with van der Waals surface area (Å²) in [5, 5.41) is 2.97. The van der Waals surface area contributed by atoms with E-state index in [9.17, 15) is 4.79 Å². The first-order valence-corrected chi connectivity index (χ1v) is 7.30. The second-order valence-corrected chi connectivity index (χ2v) is 5.57. The van der Waals surface area contributed by atoms with Gasteiger partial charge in [-0.15, -0.1) is 0 Å². The zero-order valence-corrected chi connectivity index (χ0v) is 12.3. The number of ether oxygens (including phenoxy) is 2. The number of hydrogen-bond donors (Lipinski definition) is 1. The van der Waals surface area contributed by atoms with Crippen LogP contribution < -0.4 is 14.8 Å². The highest BCUT2D eigenvalue weighted by molar-refractivity contribution is 5.76. The number of carbonyl (C=O) groups is 1. The normalized spacial score (nSPS) is 12.8. The molecule has 0 atom stereocenters. The smallest absolute Gasteiger partial charge is 0.231 e. The van der Waals surface area contributed by atoms with E-state index in [-0.39, 0.29) is 12.7 Å². The average Bonchev–Trinajstić information content (AvgIpc) is 2.88. The summed E-state index contributed by atoms with van der Waals surface area (Å²) in [5.41, 5.74) is 1.10. The second kappa shape index (κ2) is 7.17. The van der Waals surface area contributed by atoms with Crippen LogP contribution in [0.3, 0.4) is 0 Å². The van der Waals surface area contributed by atoms with E-state index in [2.05, 4.69) is 19.2 Å². The van der Waals surface area contributed by atoms with Crippen LogP contribution in [0.2, 0.25) is 0 Å². The van der Waals surface area contributed by atoms with Crippen molar-refractivity contribution in [3.05, 3.63) is 23.8 Å². The number of amides is 1. The van der Waals surface area contributed by atoms with Gasteiger partial charge in [0.15, 0.2) is 11.5 Å². The zero-order valence-electron chi connectivity index (χ0n) is 12.3. The van der Waals surface area contributed by atoms with Crippen molar-refractivity contribution in [2.24, 2.45) is 5.92 Å². The van der Waals surface area contributed by atoms with Crippen molar-refractivity contribution in [3.8, 4) is 11.5 Å². The van der Waals surface area contributed by atoms with Crippen LogP contribution in [-0.4, -0.2) is 19.2 Å². The molecule has 0 radical (unpaired) electrons. The molecule has 0 aromatic heterocycles. The van der Waals surface area contributed by atoms with Crippen LogP contribution in [0.15, 0.2) is 18.2 Å². The van der Waals surface area contributed by atoms with E-state index in [4.69, 9.17) is 9.47 Å². The van der Waals surface area contributed by atoms with E-state index in [1.165, 1.54) is 0 Å². The lowest BCUT2D eigenvalue weighted by molar-refractivity contribution is -0.121. The zero-order chi connectivity index (χ0) is 14.4. The van der Waals surface area contributed by atoms with Gasteiger partial charge in [-0.05, 0) is 42.9 Å². The van der Waals surface area contributed by atoms with E-state index in [1.807, 2.05) is 18.2 Å². The van der Waals surface area contributed by atoms with Gasteiger partial charge in [0, 0.05) is 13.0 Å². The SMILES string of the molecule is CC(C)CCCNC(=O)CCc1ccc2c(c1)OCO2. The van der Waals surface area contributed by atoms with Crippen molar-refractivity contribution >= 4 is 5.91 Å². The van der Waals surface area contributed by atoms with Gasteiger partial charge in [0.1, 0.15) is 0 Å². The largest absolute Gasteiger partial charge is 0.454 e. The van der Waals surface area contributed by atoms with E-state index >= 15 is 0 Å². The topological polar surface area (TPSA) is 47.6 Å². The van der Waals surface area contributed by atoms with Gasteiger partial charge in [0.2, 0.25) is 12.7 Å². The molecule has 4 nitrogen and oxygen atoms in total. The van der Waals surface area contributed by atoms with Crippen molar-refractivity contribution < 1.29 is 14.3 Å². The Morgan fingerprint density at radius 1 is 1.30 bits per heavy atom. The second-order valence-electron chi connectivity index (χ2n) is 5.57. The molecule has 1 amide bonds. The Bertz CT molecular complexity index is 457. The Labute approximate surface area is 120 Å². The maximum absolute atomic E-state index is 11.7. The van der Waals surface area contributed by atoms with Crippen LogP contribution in [-0.2, 0) is 11.2 Å². The van der Waals surface area contributed by atoms with Gasteiger partial charge in [0.25, 0.3) is 0 Å². The summed E-state index contributed by atoms with van der Waals surface area (Å²) in [6.45, 7) is 5.45. The number of benzene rings is 1. The highest BCUT2D eigenvalue weighted by Crippen LogP contribution is 2.32.